The van der Waals surface area contributed by atoms with Crippen molar-refractivity contribution in [2.45, 2.75) is 80.4 Å². The van der Waals surface area contributed by atoms with Crippen molar-refractivity contribution in [3.8, 4) is 0 Å². The highest BCUT2D eigenvalue weighted by molar-refractivity contribution is 7.99. The molecule has 10 atom stereocenters. The zero-order valence-corrected chi connectivity index (χ0v) is 18.0. The predicted octanol–water partition coefficient (Wildman–Crippen LogP) is -1.03. The van der Waals surface area contributed by atoms with Gasteiger partial charge in [-0.25, -0.2) is 0 Å². The lowest BCUT2D eigenvalue weighted by atomic mass is 9.92. The number of amides is 1. The van der Waals surface area contributed by atoms with E-state index in [0.29, 0.717) is 5.92 Å². The molecular formula is C18H34ClN2O5S+. The third kappa shape index (κ3) is 5.29. The van der Waals surface area contributed by atoms with Gasteiger partial charge in [-0.3, -0.25) is 4.79 Å². The lowest BCUT2D eigenvalue weighted by molar-refractivity contribution is -0.884. The van der Waals surface area contributed by atoms with Crippen LogP contribution in [-0.2, 0) is 9.53 Å². The molecule has 0 spiro atoms. The van der Waals surface area contributed by atoms with Gasteiger partial charge >= 0.3 is 0 Å². The molecule has 2 saturated heterocycles. The maximum absolute atomic E-state index is 12.9. The molecular weight excluding hydrogens is 392 g/mol. The molecule has 27 heavy (non-hydrogen) atoms. The average molecular weight is 426 g/mol. The van der Waals surface area contributed by atoms with E-state index in [1.165, 1.54) is 16.7 Å². The molecule has 0 radical (unpaired) electrons. The lowest BCUT2D eigenvalue weighted by Gasteiger charge is -2.44. The zero-order valence-electron chi connectivity index (χ0n) is 16.5. The molecule has 0 bridgehead atoms. The number of likely N-dealkylation sites (tertiary alicyclic amines) is 1. The van der Waals surface area contributed by atoms with Crippen molar-refractivity contribution in [1.82, 2.24) is 5.32 Å². The van der Waals surface area contributed by atoms with Crippen LogP contribution in [0.25, 0.3) is 0 Å². The van der Waals surface area contributed by atoms with E-state index in [2.05, 4.69) is 12.2 Å². The number of rotatable bonds is 7. The normalized spacial score (nSPS) is 41.9. The van der Waals surface area contributed by atoms with Crippen LogP contribution in [-0.4, -0.2) is 88.4 Å². The molecule has 1 unspecified atom stereocenters. The second-order valence-corrected chi connectivity index (χ2v) is 9.51. The Kier molecular flexibility index (Phi) is 8.67. The Bertz CT molecular complexity index is 498. The van der Waals surface area contributed by atoms with E-state index in [1.54, 1.807) is 13.2 Å². The monoisotopic (exact) mass is 425 g/mol. The Hall–Kier alpha value is -0.0900. The van der Waals surface area contributed by atoms with E-state index in [0.717, 1.165) is 25.8 Å². The smallest absolute Gasteiger partial charge is 0.278 e. The largest absolute Gasteiger partial charge is 0.388 e. The maximum atomic E-state index is 12.9. The molecule has 2 rings (SSSR count). The zero-order chi connectivity index (χ0) is 20.3. The van der Waals surface area contributed by atoms with Crippen molar-refractivity contribution in [2.75, 3.05) is 19.8 Å². The summed E-state index contributed by atoms with van der Waals surface area (Å²) in [6, 6.07) is -0.837. The minimum atomic E-state index is -1.36. The first-order valence-corrected chi connectivity index (χ1v) is 11.4. The molecule has 2 fully saturated rings. The molecule has 0 aromatic rings. The van der Waals surface area contributed by atoms with E-state index in [9.17, 15) is 20.1 Å². The fourth-order valence-electron chi connectivity index (χ4n) is 4.26. The molecule has 9 heteroatoms. The molecule has 1 amide bonds. The van der Waals surface area contributed by atoms with Gasteiger partial charge in [-0.05, 0) is 19.6 Å². The third-order valence-electron chi connectivity index (χ3n) is 5.78. The number of alkyl halides is 1. The fraction of sp³-hybridized carbons (Fsp3) is 0.944. The van der Waals surface area contributed by atoms with E-state index in [1.807, 2.05) is 7.05 Å². The van der Waals surface area contributed by atoms with Crippen molar-refractivity contribution in [3.63, 3.8) is 0 Å². The van der Waals surface area contributed by atoms with Crippen LogP contribution < -0.4 is 10.2 Å². The van der Waals surface area contributed by atoms with E-state index >= 15 is 0 Å². The summed E-state index contributed by atoms with van der Waals surface area (Å²) in [5.41, 5.74) is -0.697. The molecule has 0 saturated carbocycles. The van der Waals surface area contributed by atoms with Gasteiger partial charge in [0.05, 0.1) is 25.0 Å². The SMILES string of the molecule is CCC[C@@H]1C[C@@H](C(=O)N[C@@H]([C@H]2O[C@H](SC)[C@H](O)[C@@H](O)[C@H]2O)[C@H](C)Cl)[NH+](C)C1. The second kappa shape index (κ2) is 10.1. The highest BCUT2D eigenvalue weighted by atomic mass is 35.5. The predicted molar refractivity (Wildman–Crippen MR) is 106 cm³/mol. The maximum Gasteiger partial charge on any atom is 0.278 e. The van der Waals surface area contributed by atoms with Gasteiger partial charge in [0, 0.05) is 12.3 Å². The number of quaternary nitrogens is 1. The summed E-state index contributed by atoms with van der Waals surface area (Å²) < 4.78 is 5.80. The Labute approximate surface area is 170 Å². The van der Waals surface area contributed by atoms with Crippen LogP contribution in [0.3, 0.4) is 0 Å². The van der Waals surface area contributed by atoms with Gasteiger partial charge in [-0.2, -0.15) is 0 Å². The van der Waals surface area contributed by atoms with E-state index < -0.39 is 41.3 Å². The number of thioether (sulfide) groups is 1. The quantitative estimate of drug-likeness (QED) is 0.334. The van der Waals surface area contributed by atoms with Crippen LogP contribution in [0.2, 0.25) is 0 Å². The number of carbonyl (C=O) groups is 1. The Morgan fingerprint density at radius 1 is 1.33 bits per heavy atom. The number of aliphatic hydroxyl groups is 3. The number of likely N-dealkylation sites (N-methyl/N-ethyl adjacent to an activating group) is 1. The summed E-state index contributed by atoms with van der Waals surface area (Å²) in [5.74, 6) is 0.424. The average Bonchev–Trinajstić information content (AvgIpc) is 2.99. The summed E-state index contributed by atoms with van der Waals surface area (Å²) in [6.07, 6.45) is 0.00196. The molecule has 0 aliphatic carbocycles. The molecule has 2 aliphatic heterocycles. The van der Waals surface area contributed by atoms with Gasteiger partial charge < -0.3 is 30.3 Å². The lowest BCUT2D eigenvalue weighted by Crippen LogP contribution is -3.12. The summed E-state index contributed by atoms with van der Waals surface area (Å²) in [4.78, 5) is 14.1. The first-order valence-electron chi connectivity index (χ1n) is 9.70. The molecule has 0 aromatic heterocycles. The van der Waals surface area contributed by atoms with Crippen molar-refractivity contribution in [1.29, 1.82) is 0 Å². The van der Waals surface area contributed by atoms with Crippen LogP contribution in [0, 0.1) is 5.92 Å². The van der Waals surface area contributed by atoms with Crippen LogP contribution >= 0.6 is 23.4 Å². The topological polar surface area (TPSA) is 103 Å². The second-order valence-electron chi connectivity index (χ2n) is 7.88. The van der Waals surface area contributed by atoms with Crippen LogP contribution in [0.5, 0.6) is 0 Å². The number of aliphatic hydroxyl groups excluding tert-OH is 3. The number of hydrogen-bond donors (Lipinski definition) is 5. The van der Waals surface area contributed by atoms with Gasteiger partial charge in [0.2, 0.25) is 0 Å². The van der Waals surface area contributed by atoms with Crippen LogP contribution in [0.4, 0.5) is 0 Å². The Balaban J connectivity index is 2.09. The first-order chi connectivity index (χ1) is 12.7. The summed E-state index contributed by atoms with van der Waals surface area (Å²) in [7, 11) is 2.02. The van der Waals surface area contributed by atoms with Crippen molar-refractivity contribution in [3.05, 3.63) is 0 Å². The number of nitrogens with one attached hydrogen (secondary N) is 2. The summed E-state index contributed by atoms with van der Waals surface area (Å²) >= 11 is 7.56. The number of hydrogen-bond acceptors (Lipinski definition) is 6. The van der Waals surface area contributed by atoms with E-state index in [4.69, 9.17) is 16.3 Å². The van der Waals surface area contributed by atoms with Gasteiger partial charge in [0.25, 0.3) is 5.91 Å². The molecule has 158 valence electrons. The highest BCUT2D eigenvalue weighted by Crippen LogP contribution is 2.30. The first kappa shape index (κ1) is 23.2. The molecule has 0 aromatic carbocycles. The van der Waals surface area contributed by atoms with Crippen LogP contribution in [0.1, 0.15) is 33.1 Å². The van der Waals surface area contributed by atoms with Crippen molar-refractivity contribution >= 4 is 29.3 Å². The summed E-state index contributed by atoms with van der Waals surface area (Å²) in [6.45, 7) is 4.84. The fourth-order valence-corrected chi connectivity index (χ4v) is 5.15. The highest BCUT2D eigenvalue weighted by Gasteiger charge is 2.49. The van der Waals surface area contributed by atoms with Gasteiger partial charge in [0.15, 0.2) is 6.04 Å². The molecule has 2 heterocycles. The Morgan fingerprint density at radius 2 is 2.00 bits per heavy atom. The number of carbonyl (C=O) groups excluding carboxylic acids is 1. The van der Waals surface area contributed by atoms with Gasteiger partial charge in [-0.1, -0.05) is 13.3 Å². The Morgan fingerprint density at radius 3 is 2.56 bits per heavy atom. The molecule has 7 nitrogen and oxygen atoms in total. The van der Waals surface area contributed by atoms with E-state index in [-0.39, 0.29) is 11.9 Å². The standard InChI is InChI=1S/C18H33ClN2O5S/c1-5-6-10-7-11(21(3)8-10)17(25)20-12(9(2)19)16-14(23)13(22)15(24)18(26-16)27-4/h9-16,18,22-24H,5-8H2,1-4H3,(H,20,25)/p+1/t9-,10+,11-,12+,13-,14+,15+,16+,18+/m0/s1. The number of halogens is 1. The van der Waals surface area contributed by atoms with Gasteiger partial charge in [0.1, 0.15) is 29.9 Å². The molecule has 5 N–H and O–H groups in total. The van der Waals surface area contributed by atoms with Crippen molar-refractivity contribution in [2.24, 2.45) is 5.92 Å². The molecule has 2 aliphatic rings. The number of ether oxygens (including phenoxy) is 1. The van der Waals surface area contributed by atoms with Crippen LogP contribution in [0.15, 0.2) is 0 Å². The minimum absolute atomic E-state index is 0.110. The van der Waals surface area contributed by atoms with Crippen molar-refractivity contribution < 1.29 is 29.8 Å². The van der Waals surface area contributed by atoms with Gasteiger partial charge in [-0.15, -0.1) is 23.4 Å². The summed E-state index contributed by atoms with van der Waals surface area (Å²) in [5, 5.41) is 33.1. The minimum Gasteiger partial charge on any atom is -0.388 e. The third-order valence-corrected chi connectivity index (χ3v) is 6.91.